The molecule has 0 amide bonds. The van der Waals surface area contributed by atoms with E-state index < -0.39 is 23.0 Å². The van der Waals surface area contributed by atoms with Crippen molar-refractivity contribution >= 4 is 10.9 Å². The first-order chi connectivity index (χ1) is 10.4. The van der Waals surface area contributed by atoms with Gasteiger partial charge in [-0.2, -0.15) is 13.2 Å². The van der Waals surface area contributed by atoms with Crippen molar-refractivity contribution in [3.63, 3.8) is 0 Å². The summed E-state index contributed by atoms with van der Waals surface area (Å²) in [6.45, 7) is 0. The van der Waals surface area contributed by atoms with E-state index in [0.29, 0.717) is 10.1 Å². The van der Waals surface area contributed by atoms with E-state index in [-0.39, 0.29) is 11.1 Å². The predicted molar refractivity (Wildman–Crippen MR) is 75.2 cm³/mol. The van der Waals surface area contributed by atoms with Crippen molar-refractivity contribution in [1.29, 1.82) is 0 Å². The summed E-state index contributed by atoms with van der Waals surface area (Å²) in [6, 6.07) is 10.4. The molecule has 0 bridgehead atoms. The van der Waals surface area contributed by atoms with Gasteiger partial charge in [-0.25, -0.2) is 9.36 Å². The van der Waals surface area contributed by atoms with E-state index in [4.69, 9.17) is 0 Å². The number of nitrogens with zero attached hydrogens (tertiary/aromatic N) is 1. The van der Waals surface area contributed by atoms with Gasteiger partial charge in [-0.15, -0.1) is 0 Å². The standard InChI is InChI=1S/C15H9F3N2O2/c16-15(17,18)9-4-3-5-10(8-9)20-13(21)11-6-1-2-7-12(11)19-14(20)22/h1-8H,(H,19,22). The molecule has 0 aliphatic rings. The van der Waals surface area contributed by atoms with Crippen LogP contribution in [0.4, 0.5) is 13.2 Å². The van der Waals surface area contributed by atoms with Crippen LogP contribution in [0.15, 0.2) is 58.1 Å². The van der Waals surface area contributed by atoms with Gasteiger partial charge in [0, 0.05) is 0 Å². The lowest BCUT2D eigenvalue weighted by atomic mass is 10.2. The molecule has 0 spiro atoms. The minimum absolute atomic E-state index is 0.133. The largest absolute Gasteiger partial charge is 0.416 e. The van der Waals surface area contributed by atoms with E-state index in [1.807, 2.05) is 0 Å². The smallest absolute Gasteiger partial charge is 0.306 e. The Labute approximate surface area is 121 Å². The number of halogens is 3. The molecule has 0 saturated heterocycles. The molecule has 3 rings (SSSR count). The highest BCUT2D eigenvalue weighted by Crippen LogP contribution is 2.29. The number of aromatic nitrogens is 2. The fourth-order valence-corrected chi connectivity index (χ4v) is 2.22. The number of benzene rings is 2. The zero-order chi connectivity index (χ0) is 15.9. The summed E-state index contributed by atoms with van der Waals surface area (Å²) in [5.74, 6) is 0. The van der Waals surface area contributed by atoms with Crippen LogP contribution in [0, 0.1) is 0 Å². The first-order valence-electron chi connectivity index (χ1n) is 6.29. The van der Waals surface area contributed by atoms with Gasteiger partial charge < -0.3 is 4.98 Å². The zero-order valence-corrected chi connectivity index (χ0v) is 11.0. The van der Waals surface area contributed by atoms with Crippen LogP contribution < -0.4 is 11.2 Å². The number of hydrogen-bond donors (Lipinski definition) is 1. The Hall–Kier alpha value is -2.83. The molecule has 4 nitrogen and oxygen atoms in total. The Morgan fingerprint density at radius 1 is 0.955 bits per heavy atom. The molecule has 7 heteroatoms. The van der Waals surface area contributed by atoms with Crippen molar-refractivity contribution in [2.45, 2.75) is 6.18 Å². The van der Waals surface area contributed by atoms with Crippen LogP contribution in [-0.2, 0) is 6.18 Å². The van der Waals surface area contributed by atoms with Crippen LogP contribution in [0.25, 0.3) is 16.6 Å². The molecule has 0 radical (unpaired) electrons. The van der Waals surface area contributed by atoms with Gasteiger partial charge in [-0.05, 0) is 30.3 Å². The van der Waals surface area contributed by atoms with Crippen molar-refractivity contribution in [2.24, 2.45) is 0 Å². The lowest BCUT2D eigenvalue weighted by Gasteiger charge is -2.10. The van der Waals surface area contributed by atoms with Crippen molar-refractivity contribution < 1.29 is 13.2 Å². The quantitative estimate of drug-likeness (QED) is 0.751. The Morgan fingerprint density at radius 3 is 2.41 bits per heavy atom. The molecule has 0 unspecified atom stereocenters. The monoisotopic (exact) mass is 306 g/mol. The van der Waals surface area contributed by atoms with E-state index in [1.54, 1.807) is 18.2 Å². The second kappa shape index (κ2) is 4.87. The third-order valence-electron chi connectivity index (χ3n) is 3.24. The number of fused-ring (bicyclic) bond motifs is 1. The first-order valence-corrected chi connectivity index (χ1v) is 6.29. The topological polar surface area (TPSA) is 54.9 Å². The van der Waals surface area contributed by atoms with Gasteiger partial charge in [0.1, 0.15) is 0 Å². The molecule has 0 aliphatic heterocycles. The maximum atomic E-state index is 12.8. The number of hydrogen-bond acceptors (Lipinski definition) is 2. The van der Waals surface area contributed by atoms with Crippen LogP contribution in [0.1, 0.15) is 5.56 Å². The molecular formula is C15H9F3N2O2. The molecule has 0 aliphatic carbocycles. The lowest BCUT2D eigenvalue weighted by Crippen LogP contribution is -2.33. The fraction of sp³-hybridized carbons (Fsp3) is 0.0667. The second-order valence-electron chi connectivity index (χ2n) is 4.66. The van der Waals surface area contributed by atoms with Crippen LogP contribution in [0.5, 0.6) is 0 Å². The average molecular weight is 306 g/mol. The number of rotatable bonds is 1. The van der Waals surface area contributed by atoms with Gasteiger partial charge >= 0.3 is 11.9 Å². The minimum atomic E-state index is -4.55. The minimum Gasteiger partial charge on any atom is -0.306 e. The van der Waals surface area contributed by atoms with Gasteiger partial charge in [0.25, 0.3) is 5.56 Å². The summed E-state index contributed by atoms with van der Waals surface area (Å²) in [6.07, 6.45) is -4.55. The summed E-state index contributed by atoms with van der Waals surface area (Å²) in [5.41, 5.74) is -2.18. The van der Waals surface area contributed by atoms with E-state index in [1.165, 1.54) is 12.1 Å². The molecule has 0 saturated carbocycles. The highest BCUT2D eigenvalue weighted by Gasteiger charge is 2.30. The number of alkyl halides is 3. The van der Waals surface area contributed by atoms with Gasteiger partial charge in [0.2, 0.25) is 0 Å². The molecule has 1 N–H and O–H groups in total. The average Bonchev–Trinajstić information content (AvgIpc) is 2.47. The maximum absolute atomic E-state index is 12.8. The van der Waals surface area contributed by atoms with Crippen LogP contribution in [-0.4, -0.2) is 9.55 Å². The third kappa shape index (κ3) is 2.30. The van der Waals surface area contributed by atoms with Gasteiger partial charge in [-0.1, -0.05) is 18.2 Å². The van der Waals surface area contributed by atoms with Gasteiger partial charge in [0.05, 0.1) is 22.2 Å². The number of aromatic amines is 1. The molecule has 3 aromatic rings. The third-order valence-corrected chi connectivity index (χ3v) is 3.24. The van der Waals surface area contributed by atoms with Crippen molar-refractivity contribution in [1.82, 2.24) is 9.55 Å². The highest BCUT2D eigenvalue weighted by molar-refractivity contribution is 5.77. The Bertz CT molecular complexity index is 971. The van der Waals surface area contributed by atoms with E-state index in [2.05, 4.69) is 4.98 Å². The number of para-hydroxylation sites is 1. The number of nitrogens with one attached hydrogen (secondary N) is 1. The lowest BCUT2D eigenvalue weighted by molar-refractivity contribution is -0.137. The molecule has 1 heterocycles. The van der Waals surface area contributed by atoms with Crippen molar-refractivity contribution in [2.75, 3.05) is 0 Å². The number of H-pyrrole nitrogens is 1. The van der Waals surface area contributed by atoms with E-state index in [9.17, 15) is 22.8 Å². The van der Waals surface area contributed by atoms with E-state index in [0.717, 1.165) is 18.2 Å². The second-order valence-corrected chi connectivity index (χ2v) is 4.66. The Morgan fingerprint density at radius 2 is 1.68 bits per heavy atom. The van der Waals surface area contributed by atoms with Gasteiger partial charge in [0.15, 0.2) is 0 Å². The predicted octanol–water partition coefficient (Wildman–Crippen LogP) is 2.70. The SMILES string of the molecule is O=c1[nH]c2ccccc2c(=O)n1-c1cccc(C(F)(F)F)c1. The molecule has 0 fully saturated rings. The Kier molecular flexibility index (Phi) is 3.13. The van der Waals surface area contributed by atoms with Gasteiger partial charge in [-0.3, -0.25) is 4.79 Å². The van der Waals surface area contributed by atoms with Crippen molar-refractivity contribution in [3.05, 3.63) is 74.9 Å². The van der Waals surface area contributed by atoms with Crippen LogP contribution in [0.3, 0.4) is 0 Å². The summed E-state index contributed by atoms with van der Waals surface area (Å²) in [7, 11) is 0. The molecule has 112 valence electrons. The van der Waals surface area contributed by atoms with Crippen molar-refractivity contribution in [3.8, 4) is 5.69 Å². The van der Waals surface area contributed by atoms with Crippen LogP contribution >= 0.6 is 0 Å². The highest BCUT2D eigenvalue weighted by atomic mass is 19.4. The fourth-order valence-electron chi connectivity index (χ4n) is 2.22. The summed E-state index contributed by atoms with van der Waals surface area (Å²) in [5, 5.41) is 0.222. The summed E-state index contributed by atoms with van der Waals surface area (Å²) < 4.78 is 39.0. The molecule has 22 heavy (non-hydrogen) atoms. The molecule has 0 atom stereocenters. The normalized spacial score (nSPS) is 11.8. The summed E-state index contributed by atoms with van der Waals surface area (Å²) >= 11 is 0. The van der Waals surface area contributed by atoms with E-state index >= 15 is 0 Å². The zero-order valence-electron chi connectivity index (χ0n) is 11.0. The molecular weight excluding hydrogens is 297 g/mol. The molecule has 2 aromatic carbocycles. The first kappa shape index (κ1) is 14.1. The summed E-state index contributed by atoms with van der Waals surface area (Å²) in [4.78, 5) is 26.9. The van der Waals surface area contributed by atoms with Crippen LogP contribution in [0.2, 0.25) is 0 Å². The maximum Gasteiger partial charge on any atom is 0.416 e. The molecule has 1 aromatic heterocycles. The Balaban J connectivity index is 2.32.